The molecular weight excluding hydrogens is 406 g/mol. The molecule has 0 N–H and O–H groups in total. The lowest BCUT2D eigenvalue weighted by Crippen LogP contribution is -2.36. The van der Waals surface area contributed by atoms with Crippen LogP contribution >= 0.6 is 0 Å². The van der Waals surface area contributed by atoms with Crippen molar-refractivity contribution in [2.75, 3.05) is 40.0 Å². The highest BCUT2D eigenvalue weighted by molar-refractivity contribution is 5.84. The van der Waals surface area contributed by atoms with E-state index in [0.717, 1.165) is 54.9 Å². The highest BCUT2D eigenvalue weighted by Gasteiger charge is 2.19. The molecule has 1 saturated heterocycles. The van der Waals surface area contributed by atoms with Gasteiger partial charge in [-0.05, 0) is 51.2 Å². The molecule has 170 valence electrons. The van der Waals surface area contributed by atoms with Crippen LogP contribution in [0.3, 0.4) is 0 Å². The normalized spacial score (nSPS) is 16.3. The lowest BCUT2D eigenvalue weighted by atomic mass is 10.1. The molecule has 5 rings (SSSR count). The summed E-state index contributed by atoms with van der Waals surface area (Å²) >= 11 is 0. The highest BCUT2D eigenvalue weighted by atomic mass is 16.7. The van der Waals surface area contributed by atoms with Crippen LogP contribution in [0.15, 0.2) is 41.5 Å². The number of fused-ring (bicyclic) bond motifs is 2. The van der Waals surface area contributed by atoms with Crippen LogP contribution in [0.4, 0.5) is 0 Å². The molecule has 0 aliphatic carbocycles. The second-order valence-electron chi connectivity index (χ2n) is 8.80. The zero-order valence-electron chi connectivity index (χ0n) is 18.7. The van der Waals surface area contributed by atoms with Crippen molar-refractivity contribution >= 4 is 10.9 Å². The molecule has 1 fully saturated rings. The summed E-state index contributed by atoms with van der Waals surface area (Å²) in [6.45, 7) is 6.24. The van der Waals surface area contributed by atoms with E-state index in [9.17, 15) is 4.79 Å². The molecule has 0 bridgehead atoms. The summed E-state index contributed by atoms with van der Waals surface area (Å²) in [5, 5.41) is 5.28. The Morgan fingerprint density at radius 1 is 1.03 bits per heavy atom. The first-order valence-electron chi connectivity index (χ1n) is 11.5. The van der Waals surface area contributed by atoms with Gasteiger partial charge < -0.3 is 23.8 Å². The molecule has 0 atom stereocenters. The van der Waals surface area contributed by atoms with Gasteiger partial charge >= 0.3 is 0 Å². The van der Waals surface area contributed by atoms with Gasteiger partial charge in [-0.3, -0.25) is 9.48 Å². The predicted octanol–water partition coefficient (Wildman–Crippen LogP) is 2.54. The van der Waals surface area contributed by atoms with Gasteiger partial charge in [0.25, 0.3) is 5.56 Å². The van der Waals surface area contributed by atoms with E-state index in [0.29, 0.717) is 18.8 Å². The predicted molar refractivity (Wildman–Crippen MR) is 123 cm³/mol. The molecule has 2 aliphatic heterocycles. The first-order valence-corrected chi connectivity index (χ1v) is 11.5. The van der Waals surface area contributed by atoms with E-state index < -0.39 is 0 Å². The standard InChI is InChI=1S/C24H31N5O3/c1-26(10-12-28-9-5-6-25-28)17-20-14-19-15-22-23(32-18-31-22)16-21(19)29(24(20)30)13-11-27-7-3-2-4-8-27/h5-6,9,14-16H,2-4,7-8,10-13,17-18H2,1H3. The molecule has 8 nitrogen and oxygen atoms in total. The number of aromatic nitrogens is 3. The zero-order chi connectivity index (χ0) is 21.9. The van der Waals surface area contributed by atoms with E-state index in [1.807, 2.05) is 46.8 Å². The molecule has 0 unspecified atom stereocenters. The largest absolute Gasteiger partial charge is 0.454 e. The number of rotatable bonds is 8. The Morgan fingerprint density at radius 2 is 1.84 bits per heavy atom. The third kappa shape index (κ3) is 4.52. The van der Waals surface area contributed by atoms with Crippen molar-refractivity contribution in [2.45, 2.75) is 38.9 Å². The van der Waals surface area contributed by atoms with Crippen LogP contribution in [0.5, 0.6) is 11.5 Å². The second kappa shape index (κ2) is 9.34. The van der Waals surface area contributed by atoms with Gasteiger partial charge in [0.1, 0.15) is 0 Å². The summed E-state index contributed by atoms with van der Waals surface area (Å²) in [5.41, 5.74) is 1.80. The SMILES string of the molecule is CN(CCn1cccn1)Cc1cc2cc3c(cc2n(CCN2CCCCC2)c1=O)OCO3. The first-order chi connectivity index (χ1) is 15.7. The third-order valence-corrected chi connectivity index (χ3v) is 6.46. The summed E-state index contributed by atoms with van der Waals surface area (Å²) in [5.74, 6) is 1.46. The lowest BCUT2D eigenvalue weighted by Gasteiger charge is -2.27. The molecule has 0 amide bonds. The minimum absolute atomic E-state index is 0.0827. The maximum atomic E-state index is 13.6. The highest BCUT2D eigenvalue weighted by Crippen LogP contribution is 2.36. The molecular formula is C24H31N5O3. The Kier molecular flexibility index (Phi) is 6.14. The van der Waals surface area contributed by atoms with Crippen molar-refractivity contribution < 1.29 is 9.47 Å². The fourth-order valence-electron chi connectivity index (χ4n) is 4.66. The van der Waals surface area contributed by atoms with Crippen molar-refractivity contribution in [3.63, 3.8) is 0 Å². The van der Waals surface area contributed by atoms with E-state index in [-0.39, 0.29) is 12.4 Å². The average Bonchev–Trinajstić information content (AvgIpc) is 3.49. The van der Waals surface area contributed by atoms with Crippen molar-refractivity contribution in [3.8, 4) is 11.5 Å². The number of ether oxygens (including phenoxy) is 2. The van der Waals surface area contributed by atoms with E-state index >= 15 is 0 Å². The number of hydrogen-bond donors (Lipinski definition) is 0. The quantitative estimate of drug-likeness (QED) is 0.540. The fraction of sp³-hybridized carbons (Fsp3) is 0.500. The van der Waals surface area contributed by atoms with Crippen molar-refractivity contribution in [3.05, 3.63) is 52.6 Å². The Morgan fingerprint density at radius 3 is 2.62 bits per heavy atom. The Balaban J connectivity index is 1.42. The third-order valence-electron chi connectivity index (χ3n) is 6.46. The molecule has 1 aromatic carbocycles. The molecule has 0 saturated carbocycles. The average molecular weight is 438 g/mol. The van der Waals surface area contributed by atoms with Gasteiger partial charge in [0.05, 0.1) is 12.1 Å². The van der Waals surface area contributed by atoms with Gasteiger partial charge in [0.2, 0.25) is 6.79 Å². The van der Waals surface area contributed by atoms with E-state index in [1.165, 1.54) is 19.3 Å². The van der Waals surface area contributed by atoms with Gasteiger partial charge in [0, 0.05) is 55.6 Å². The van der Waals surface area contributed by atoms with Gasteiger partial charge in [-0.2, -0.15) is 5.10 Å². The maximum absolute atomic E-state index is 13.6. The second-order valence-corrected chi connectivity index (χ2v) is 8.80. The maximum Gasteiger partial charge on any atom is 0.255 e. The lowest BCUT2D eigenvalue weighted by molar-refractivity contribution is 0.174. The number of piperidine rings is 1. The summed E-state index contributed by atoms with van der Waals surface area (Å²) in [6, 6.07) is 7.90. The van der Waals surface area contributed by atoms with Crippen LogP contribution in [-0.2, 0) is 19.6 Å². The summed E-state index contributed by atoms with van der Waals surface area (Å²) in [6.07, 6.45) is 7.54. The minimum atomic E-state index is 0.0827. The van der Waals surface area contributed by atoms with Gasteiger partial charge in [-0.15, -0.1) is 0 Å². The number of likely N-dealkylation sites (tertiary alicyclic amines) is 1. The minimum Gasteiger partial charge on any atom is -0.454 e. The molecule has 0 radical (unpaired) electrons. The van der Waals surface area contributed by atoms with E-state index in [1.54, 1.807) is 6.20 Å². The van der Waals surface area contributed by atoms with Crippen LogP contribution in [0.1, 0.15) is 24.8 Å². The first kappa shape index (κ1) is 21.0. The van der Waals surface area contributed by atoms with E-state index in [4.69, 9.17) is 9.47 Å². The van der Waals surface area contributed by atoms with Crippen LogP contribution < -0.4 is 15.0 Å². The van der Waals surface area contributed by atoms with Crippen molar-refractivity contribution in [1.82, 2.24) is 24.1 Å². The van der Waals surface area contributed by atoms with Crippen LogP contribution in [0.25, 0.3) is 10.9 Å². The van der Waals surface area contributed by atoms with Gasteiger partial charge in [-0.1, -0.05) is 6.42 Å². The number of hydrogen-bond acceptors (Lipinski definition) is 6. The summed E-state index contributed by atoms with van der Waals surface area (Å²) in [7, 11) is 2.05. The molecule has 2 aromatic heterocycles. The Hall–Kier alpha value is -2.84. The summed E-state index contributed by atoms with van der Waals surface area (Å²) in [4.78, 5) is 18.2. The van der Waals surface area contributed by atoms with Crippen molar-refractivity contribution in [1.29, 1.82) is 0 Å². The fourth-order valence-corrected chi connectivity index (χ4v) is 4.66. The van der Waals surface area contributed by atoms with Gasteiger partial charge in [-0.25, -0.2) is 0 Å². The van der Waals surface area contributed by atoms with Crippen molar-refractivity contribution in [2.24, 2.45) is 0 Å². The monoisotopic (exact) mass is 437 g/mol. The number of nitrogens with zero attached hydrogens (tertiary/aromatic N) is 5. The molecule has 4 heterocycles. The zero-order valence-corrected chi connectivity index (χ0v) is 18.7. The van der Waals surface area contributed by atoms with Crippen LogP contribution in [-0.4, -0.2) is 64.2 Å². The molecule has 32 heavy (non-hydrogen) atoms. The molecule has 8 heteroatoms. The van der Waals surface area contributed by atoms with Crippen LogP contribution in [0.2, 0.25) is 0 Å². The van der Waals surface area contributed by atoms with Crippen LogP contribution in [0, 0.1) is 0 Å². The molecule has 2 aliphatic rings. The number of pyridine rings is 1. The summed E-state index contributed by atoms with van der Waals surface area (Å²) < 4.78 is 15.0. The molecule has 3 aromatic rings. The number of likely N-dealkylation sites (N-methyl/N-ethyl adjacent to an activating group) is 1. The number of benzene rings is 1. The Bertz CT molecular complexity index is 1120. The molecule has 0 spiro atoms. The van der Waals surface area contributed by atoms with Gasteiger partial charge in [0.15, 0.2) is 11.5 Å². The Labute approximate surface area is 187 Å². The smallest absolute Gasteiger partial charge is 0.255 e. The van der Waals surface area contributed by atoms with E-state index in [2.05, 4.69) is 14.9 Å². The topological polar surface area (TPSA) is 64.8 Å².